The number of morpholine rings is 1. The van der Waals surface area contributed by atoms with Crippen molar-refractivity contribution in [3.05, 3.63) is 47.3 Å². The first-order valence-electron chi connectivity index (χ1n) is 12.1. The van der Waals surface area contributed by atoms with Gasteiger partial charge in [0.15, 0.2) is 0 Å². The summed E-state index contributed by atoms with van der Waals surface area (Å²) in [5.41, 5.74) is 5.88. The summed E-state index contributed by atoms with van der Waals surface area (Å²) >= 11 is 1.77. The molecule has 1 N–H and O–H groups in total. The molecular formula is C26H34N4OS. The molecule has 2 aromatic heterocycles. The fraction of sp³-hybridized carbons (Fsp3) is 0.500. The van der Waals surface area contributed by atoms with E-state index in [-0.39, 0.29) is 0 Å². The van der Waals surface area contributed by atoms with Gasteiger partial charge in [0.2, 0.25) is 0 Å². The lowest BCUT2D eigenvalue weighted by atomic mass is 10.1. The smallest absolute Gasteiger partial charge is 0.0838 e. The Morgan fingerprint density at radius 3 is 2.56 bits per heavy atom. The van der Waals surface area contributed by atoms with Crippen LogP contribution in [0.4, 0.5) is 5.69 Å². The molecule has 0 amide bonds. The Bertz CT molecular complexity index is 991. The van der Waals surface area contributed by atoms with Crippen molar-refractivity contribution in [3.63, 3.8) is 0 Å². The molecule has 2 aliphatic rings. The molecule has 0 aliphatic carbocycles. The minimum atomic E-state index is 0.844. The molecule has 6 heteroatoms. The van der Waals surface area contributed by atoms with E-state index in [1.165, 1.54) is 66.8 Å². The number of piperidine rings is 1. The van der Waals surface area contributed by atoms with Gasteiger partial charge in [-0.3, -0.25) is 4.90 Å². The molecule has 0 spiro atoms. The highest BCUT2D eigenvalue weighted by Gasteiger charge is 2.13. The maximum atomic E-state index is 5.46. The zero-order chi connectivity index (χ0) is 21.6. The number of hydrogen-bond acceptors (Lipinski definition) is 6. The molecule has 1 aromatic carbocycles. The van der Waals surface area contributed by atoms with E-state index < -0.39 is 0 Å². The molecule has 2 aliphatic heterocycles. The van der Waals surface area contributed by atoms with Crippen molar-refractivity contribution in [2.45, 2.75) is 32.2 Å². The summed E-state index contributed by atoms with van der Waals surface area (Å²) in [6.45, 7) is 9.47. The Labute approximate surface area is 195 Å². The molecule has 0 radical (unpaired) electrons. The quantitative estimate of drug-likeness (QED) is 0.485. The molecule has 170 valence electrons. The second-order valence-corrected chi connectivity index (χ2v) is 9.87. The van der Waals surface area contributed by atoms with Crippen LogP contribution in [-0.2, 0) is 11.3 Å². The lowest BCUT2D eigenvalue weighted by Gasteiger charge is -2.26. The number of thiophene rings is 1. The number of nitrogens with one attached hydrogen (secondary N) is 1. The second kappa shape index (κ2) is 10.8. The van der Waals surface area contributed by atoms with Gasteiger partial charge in [0.25, 0.3) is 0 Å². The number of fused-ring (bicyclic) bond motifs is 1. The van der Waals surface area contributed by atoms with Crippen LogP contribution in [0.25, 0.3) is 21.5 Å². The predicted octanol–water partition coefficient (Wildman–Crippen LogP) is 5.08. The third-order valence-electron chi connectivity index (χ3n) is 6.59. The van der Waals surface area contributed by atoms with Crippen molar-refractivity contribution in [1.82, 2.24) is 14.8 Å². The number of ether oxygens (including phenoxy) is 1. The fourth-order valence-electron chi connectivity index (χ4n) is 4.74. The van der Waals surface area contributed by atoms with E-state index in [1.54, 1.807) is 11.3 Å². The first-order chi connectivity index (χ1) is 15.8. The predicted molar refractivity (Wildman–Crippen MR) is 135 cm³/mol. The van der Waals surface area contributed by atoms with Gasteiger partial charge in [-0.2, -0.15) is 0 Å². The van der Waals surface area contributed by atoms with Crippen LogP contribution >= 0.6 is 11.3 Å². The van der Waals surface area contributed by atoms with Crippen LogP contribution in [0.15, 0.2) is 41.8 Å². The van der Waals surface area contributed by atoms with E-state index in [1.807, 2.05) is 0 Å². The van der Waals surface area contributed by atoms with E-state index in [0.717, 1.165) is 50.6 Å². The van der Waals surface area contributed by atoms with Crippen LogP contribution in [0.1, 0.15) is 31.2 Å². The Morgan fingerprint density at radius 1 is 0.938 bits per heavy atom. The molecule has 0 bridgehead atoms. The van der Waals surface area contributed by atoms with Crippen LogP contribution < -0.4 is 5.32 Å². The van der Waals surface area contributed by atoms with Gasteiger partial charge in [0, 0.05) is 31.7 Å². The summed E-state index contributed by atoms with van der Waals surface area (Å²) in [4.78, 5) is 10.0. The van der Waals surface area contributed by atoms with Gasteiger partial charge in [-0.05, 0) is 62.0 Å². The van der Waals surface area contributed by atoms with E-state index in [2.05, 4.69) is 56.9 Å². The molecule has 4 heterocycles. The molecule has 5 nitrogen and oxygen atoms in total. The van der Waals surface area contributed by atoms with Gasteiger partial charge < -0.3 is 15.0 Å². The van der Waals surface area contributed by atoms with Crippen molar-refractivity contribution in [2.75, 3.05) is 57.8 Å². The minimum absolute atomic E-state index is 0.844. The maximum absolute atomic E-state index is 5.46. The fourth-order valence-corrected chi connectivity index (χ4v) is 5.57. The number of hydrogen-bond donors (Lipinski definition) is 1. The van der Waals surface area contributed by atoms with Gasteiger partial charge >= 0.3 is 0 Å². The molecule has 3 aromatic rings. The highest BCUT2D eigenvalue weighted by atomic mass is 32.1. The second-order valence-electron chi connectivity index (χ2n) is 8.96. The SMILES string of the molecule is c1cc2nc(-c3ccc(CN4CCOCC4)cc3)cc(NCCCN3CCCCC3)c2s1. The number of nitrogens with zero attached hydrogens (tertiary/aromatic N) is 3. The number of pyridine rings is 1. The van der Waals surface area contributed by atoms with Gasteiger partial charge in [-0.25, -0.2) is 4.98 Å². The van der Waals surface area contributed by atoms with Gasteiger partial charge in [-0.1, -0.05) is 30.7 Å². The number of anilines is 1. The van der Waals surface area contributed by atoms with E-state index in [9.17, 15) is 0 Å². The Hall–Kier alpha value is -1.99. The summed E-state index contributed by atoms with van der Waals surface area (Å²) in [5.74, 6) is 0. The number of likely N-dealkylation sites (tertiary alicyclic amines) is 1. The van der Waals surface area contributed by atoms with Crippen molar-refractivity contribution >= 4 is 27.2 Å². The first kappa shape index (κ1) is 21.8. The van der Waals surface area contributed by atoms with Crippen LogP contribution in [0.3, 0.4) is 0 Å². The molecule has 2 saturated heterocycles. The molecule has 0 unspecified atom stereocenters. The molecule has 2 fully saturated rings. The maximum Gasteiger partial charge on any atom is 0.0838 e. The monoisotopic (exact) mass is 450 g/mol. The largest absolute Gasteiger partial charge is 0.384 e. The van der Waals surface area contributed by atoms with Crippen molar-refractivity contribution in [2.24, 2.45) is 0 Å². The van der Waals surface area contributed by atoms with Crippen molar-refractivity contribution < 1.29 is 4.74 Å². The summed E-state index contributed by atoms with van der Waals surface area (Å²) < 4.78 is 6.72. The third kappa shape index (κ3) is 5.49. The molecule has 0 atom stereocenters. The van der Waals surface area contributed by atoms with Crippen molar-refractivity contribution in [1.29, 1.82) is 0 Å². The summed E-state index contributed by atoms with van der Waals surface area (Å²) in [5, 5.41) is 5.86. The highest BCUT2D eigenvalue weighted by molar-refractivity contribution is 7.17. The summed E-state index contributed by atoms with van der Waals surface area (Å²) in [6.07, 6.45) is 5.31. The van der Waals surface area contributed by atoms with Crippen LogP contribution in [0.5, 0.6) is 0 Å². The Balaban J connectivity index is 1.24. The van der Waals surface area contributed by atoms with Crippen LogP contribution in [-0.4, -0.2) is 67.3 Å². The molecular weight excluding hydrogens is 416 g/mol. The highest BCUT2D eigenvalue weighted by Crippen LogP contribution is 2.32. The van der Waals surface area contributed by atoms with Gasteiger partial charge in [0.05, 0.1) is 34.8 Å². The Kier molecular flexibility index (Phi) is 7.34. The topological polar surface area (TPSA) is 40.6 Å². The van der Waals surface area contributed by atoms with Crippen LogP contribution in [0, 0.1) is 0 Å². The summed E-state index contributed by atoms with van der Waals surface area (Å²) in [7, 11) is 0. The van der Waals surface area contributed by atoms with E-state index in [0.29, 0.717) is 0 Å². The van der Waals surface area contributed by atoms with Gasteiger partial charge in [0.1, 0.15) is 0 Å². The van der Waals surface area contributed by atoms with Crippen molar-refractivity contribution in [3.8, 4) is 11.3 Å². The van der Waals surface area contributed by atoms with Crippen LogP contribution in [0.2, 0.25) is 0 Å². The lowest BCUT2D eigenvalue weighted by molar-refractivity contribution is 0.0342. The first-order valence-corrected chi connectivity index (χ1v) is 13.0. The average Bonchev–Trinajstić information content (AvgIpc) is 3.33. The van der Waals surface area contributed by atoms with E-state index in [4.69, 9.17) is 9.72 Å². The minimum Gasteiger partial charge on any atom is -0.384 e. The number of benzene rings is 1. The van der Waals surface area contributed by atoms with Gasteiger partial charge in [-0.15, -0.1) is 11.3 Å². The normalized spacial score (nSPS) is 18.2. The average molecular weight is 451 g/mol. The number of rotatable bonds is 8. The third-order valence-corrected chi connectivity index (χ3v) is 7.52. The molecule has 0 saturated carbocycles. The standard InChI is InChI=1S/C26H34N4OS/c1-2-11-29(12-3-1)13-4-10-27-25-19-24(28-23-9-18-32-26(23)25)22-7-5-21(6-8-22)20-30-14-16-31-17-15-30/h5-9,18-19H,1-4,10-17,20H2,(H,27,28). The lowest BCUT2D eigenvalue weighted by Crippen LogP contribution is -2.35. The van der Waals surface area contributed by atoms with E-state index >= 15 is 0 Å². The summed E-state index contributed by atoms with van der Waals surface area (Å²) in [6, 6.07) is 13.3. The Morgan fingerprint density at radius 2 is 1.75 bits per heavy atom. The zero-order valence-corrected chi connectivity index (χ0v) is 19.7. The number of aromatic nitrogens is 1. The zero-order valence-electron chi connectivity index (χ0n) is 18.9. The molecule has 32 heavy (non-hydrogen) atoms. The molecule has 5 rings (SSSR count).